The van der Waals surface area contributed by atoms with Gasteiger partial charge in [0, 0.05) is 33.3 Å². The van der Waals surface area contributed by atoms with E-state index in [2.05, 4.69) is 10.3 Å². The minimum absolute atomic E-state index is 0.0457. The smallest absolute Gasteiger partial charge is 0.375 e. The van der Waals surface area contributed by atoms with E-state index in [0.29, 0.717) is 32.0 Å². The van der Waals surface area contributed by atoms with Gasteiger partial charge in [0.25, 0.3) is 5.91 Å². The third-order valence-corrected chi connectivity index (χ3v) is 4.71. The van der Waals surface area contributed by atoms with Crippen LogP contribution in [0.4, 0.5) is 24.7 Å². The lowest BCUT2D eigenvalue weighted by molar-refractivity contribution is -0.138. The van der Waals surface area contributed by atoms with Crippen molar-refractivity contribution in [1.82, 2.24) is 9.88 Å². The van der Waals surface area contributed by atoms with Gasteiger partial charge >= 0.3 is 6.18 Å². The third-order valence-electron chi connectivity index (χ3n) is 4.71. The summed E-state index contributed by atoms with van der Waals surface area (Å²) in [4.78, 5) is 32.2. The molecule has 1 fully saturated rings. The van der Waals surface area contributed by atoms with Gasteiger partial charge in [-0.3, -0.25) is 9.59 Å². The van der Waals surface area contributed by atoms with Crippen LogP contribution in [0.5, 0.6) is 0 Å². The summed E-state index contributed by atoms with van der Waals surface area (Å²) in [5.41, 5.74) is -1.16. The highest BCUT2D eigenvalue weighted by atomic mass is 19.4. The Labute approximate surface area is 171 Å². The molecule has 0 atom stereocenters. The van der Waals surface area contributed by atoms with Gasteiger partial charge in [0.15, 0.2) is 0 Å². The fourth-order valence-electron chi connectivity index (χ4n) is 3.17. The summed E-state index contributed by atoms with van der Waals surface area (Å²) in [6, 6.07) is 7.87. The zero-order valence-electron chi connectivity index (χ0n) is 16.3. The highest BCUT2D eigenvalue weighted by Crippen LogP contribution is 2.32. The molecule has 0 unspecified atom stereocenters. The predicted molar refractivity (Wildman–Crippen MR) is 104 cm³/mol. The topological polar surface area (TPSA) is 74.8 Å². The Kier molecular flexibility index (Phi) is 6.56. The molecule has 2 aromatic rings. The van der Waals surface area contributed by atoms with Crippen LogP contribution in [0.15, 0.2) is 42.6 Å². The van der Waals surface area contributed by atoms with E-state index in [1.54, 1.807) is 17.0 Å². The summed E-state index contributed by atoms with van der Waals surface area (Å²) in [5.74, 6) is -0.271. The van der Waals surface area contributed by atoms with Crippen LogP contribution in [0, 0.1) is 0 Å². The SMILES string of the molecule is COCC(=O)N1CCN(c2ccc(NC(=O)c3ccccc3C(F)(F)F)cn2)CC1. The minimum Gasteiger partial charge on any atom is -0.375 e. The molecule has 1 aromatic carbocycles. The highest BCUT2D eigenvalue weighted by molar-refractivity contribution is 6.05. The average molecular weight is 422 g/mol. The Morgan fingerprint density at radius 1 is 1.10 bits per heavy atom. The number of hydrogen-bond acceptors (Lipinski definition) is 5. The molecular formula is C20H21F3N4O3. The lowest BCUT2D eigenvalue weighted by Gasteiger charge is -2.35. The van der Waals surface area contributed by atoms with Gasteiger partial charge in [0.1, 0.15) is 12.4 Å². The molecule has 0 spiro atoms. The summed E-state index contributed by atoms with van der Waals surface area (Å²) < 4.78 is 44.1. The number of ether oxygens (including phenoxy) is 1. The number of rotatable bonds is 5. The largest absolute Gasteiger partial charge is 0.417 e. The van der Waals surface area contributed by atoms with Gasteiger partial charge in [-0.2, -0.15) is 13.2 Å². The fraction of sp³-hybridized carbons (Fsp3) is 0.350. The molecule has 0 saturated carbocycles. The van der Waals surface area contributed by atoms with Gasteiger partial charge < -0.3 is 19.9 Å². The van der Waals surface area contributed by atoms with Crippen LogP contribution in [-0.4, -0.2) is 61.6 Å². The molecule has 1 aliphatic rings. The second kappa shape index (κ2) is 9.12. The van der Waals surface area contributed by atoms with Crippen LogP contribution in [0.1, 0.15) is 15.9 Å². The number of nitrogens with one attached hydrogen (secondary N) is 1. The maximum absolute atomic E-state index is 13.1. The van der Waals surface area contributed by atoms with Crippen molar-refractivity contribution in [3.63, 3.8) is 0 Å². The van der Waals surface area contributed by atoms with Crippen molar-refractivity contribution >= 4 is 23.3 Å². The standard InChI is InChI=1S/C20H21F3N4O3/c1-30-13-18(28)27-10-8-26(9-11-27)17-7-6-14(12-24-17)25-19(29)15-4-2-3-5-16(15)20(21,22)23/h2-7,12H,8-11,13H2,1H3,(H,25,29). The summed E-state index contributed by atoms with van der Waals surface area (Å²) in [7, 11) is 1.47. The van der Waals surface area contributed by atoms with E-state index in [0.717, 1.165) is 12.1 Å². The molecule has 0 radical (unpaired) electrons. The molecule has 3 rings (SSSR count). The number of benzene rings is 1. The van der Waals surface area contributed by atoms with Crippen molar-refractivity contribution in [2.24, 2.45) is 0 Å². The first-order valence-corrected chi connectivity index (χ1v) is 9.25. The molecule has 0 bridgehead atoms. The number of pyridine rings is 1. The second-order valence-electron chi connectivity index (χ2n) is 6.70. The molecule has 2 heterocycles. The van der Waals surface area contributed by atoms with Crippen LogP contribution in [0.25, 0.3) is 0 Å². The maximum Gasteiger partial charge on any atom is 0.417 e. The van der Waals surface area contributed by atoms with Gasteiger partial charge in [-0.15, -0.1) is 0 Å². The molecule has 160 valence electrons. The van der Waals surface area contributed by atoms with E-state index in [4.69, 9.17) is 4.74 Å². The number of anilines is 2. The quantitative estimate of drug-likeness (QED) is 0.802. The van der Waals surface area contributed by atoms with Crippen LogP contribution in [0.3, 0.4) is 0 Å². The van der Waals surface area contributed by atoms with E-state index in [-0.39, 0.29) is 18.2 Å². The number of carbonyl (C=O) groups excluding carboxylic acids is 2. The first-order valence-electron chi connectivity index (χ1n) is 9.25. The predicted octanol–water partition coefficient (Wildman–Crippen LogP) is 2.65. The highest BCUT2D eigenvalue weighted by Gasteiger charge is 2.34. The van der Waals surface area contributed by atoms with Crippen molar-refractivity contribution in [3.8, 4) is 0 Å². The molecule has 30 heavy (non-hydrogen) atoms. The number of amides is 2. The van der Waals surface area contributed by atoms with Crippen LogP contribution >= 0.6 is 0 Å². The lowest BCUT2D eigenvalue weighted by atomic mass is 10.1. The van der Waals surface area contributed by atoms with Gasteiger partial charge in [0.05, 0.1) is 23.0 Å². The number of carbonyl (C=O) groups is 2. The Bertz CT molecular complexity index is 895. The molecule has 1 aromatic heterocycles. The normalized spacial score (nSPS) is 14.5. The Morgan fingerprint density at radius 2 is 1.80 bits per heavy atom. The number of halogens is 3. The minimum atomic E-state index is -4.62. The number of alkyl halides is 3. The zero-order chi connectivity index (χ0) is 21.7. The van der Waals surface area contributed by atoms with E-state index < -0.39 is 23.2 Å². The summed E-state index contributed by atoms with van der Waals surface area (Å²) >= 11 is 0. The number of nitrogens with zero attached hydrogens (tertiary/aromatic N) is 3. The van der Waals surface area contributed by atoms with E-state index in [9.17, 15) is 22.8 Å². The molecule has 1 aliphatic heterocycles. The zero-order valence-corrected chi connectivity index (χ0v) is 16.3. The third kappa shape index (κ3) is 5.07. The van der Waals surface area contributed by atoms with Crippen LogP contribution < -0.4 is 10.2 Å². The average Bonchev–Trinajstić information content (AvgIpc) is 2.74. The first kappa shape index (κ1) is 21.6. The van der Waals surface area contributed by atoms with Crippen LogP contribution in [-0.2, 0) is 15.7 Å². The summed E-state index contributed by atoms with van der Waals surface area (Å²) in [6.07, 6.45) is -3.23. The summed E-state index contributed by atoms with van der Waals surface area (Å²) in [6.45, 7) is 2.30. The van der Waals surface area contributed by atoms with E-state index in [1.807, 2.05) is 4.90 Å². The van der Waals surface area contributed by atoms with Crippen molar-refractivity contribution in [2.45, 2.75) is 6.18 Å². The van der Waals surface area contributed by atoms with Crippen LogP contribution in [0.2, 0.25) is 0 Å². The molecule has 0 aliphatic carbocycles. The Balaban J connectivity index is 1.62. The van der Waals surface area contributed by atoms with E-state index >= 15 is 0 Å². The van der Waals surface area contributed by atoms with Crippen molar-refractivity contribution in [3.05, 3.63) is 53.7 Å². The number of methoxy groups -OCH3 is 1. The molecule has 7 nitrogen and oxygen atoms in total. The van der Waals surface area contributed by atoms with Gasteiger partial charge in [0.2, 0.25) is 5.91 Å². The lowest BCUT2D eigenvalue weighted by Crippen LogP contribution is -2.49. The monoisotopic (exact) mass is 422 g/mol. The van der Waals surface area contributed by atoms with Crippen molar-refractivity contribution < 1.29 is 27.5 Å². The Morgan fingerprint density at radius 3 is 2.40 bits per heavy atom. The van der Waals surface area contributed by atoms with E-state index in [1.165, 1.54) is 25.4 Å². The Hall–Kier alpha value is -3.14. The number of hydrogen-bond donors (Lipinski definition) is 1. The molecule has 1 N–H and O–H groups in total. The molecule has 10 heteroatoms. The first-order chi connectivity index (χ1) is 14.3. The molecular weight excluding hydrogens is 401 g/mol. The fourth-order valence-corrected chi connectivity index (χ4v) is 3.17. The second-order valence-corrected chi connectivity index (χ2v) is 6.70. The van der Waals surface area contributed by atoms with Crippen molar-refractivity contribution in [1.29, 1.82) is 0 Å². The maximum atomic E-state index is 13.1. The van der Waals surface area contributed by atoms with Crippen molar-refractivity contribution in [2.75, 3.05) is 50.1 Å². The summed E-state index contributed by atoms with van der Waals surface area (Å²) in [5, 5.41) is 2.45. The molecule has 1 saturated heterocycles. The van der Waals surface area contributed by atoms with Gasteiger partial charge in [-0.1, -0.05) is 12.1 Å². The number of aromatic nitrogens is 1. The number of piperazine rings is 1. The van der Waals surface area contributed by atoms with Gasteiger partial charge in [-0.25, -0.2) is 4.98 Å². The molecule has 2 amide bonds. The van der Waals surface area contributed by atoms with Gasteiger partial charge in [-0.05, 0) is 24.3 Å².